The Balaban J connectivity index is 1.35. The summed E-state index contributed by atoms with van der Waals surface area (Å²) in [4.78, 5) is 6.97. The fourth-order valence-electron chi connectivity index (χ4n) is 3.36. The standard InChI is InChI=1S/C21H20N4OS3/c1-2-6-15(7-3-1)20-22-12-17(29-20)14-28-21-24-23-19(18-9-5-11-27-18)25(21)13-16-8-4-10-26-16/h1-3,5-7,9,11-12,16H,4,8,10,13-14H2/t16-/m0/s1. The number of rotatable bonds is 7. The van der Waals surface area contributed by atoms with Gasteiger partial charge >= 0.3 is 0 Å². The van der Waals surface area contributed by atoms with E-state index in [9.17, 15) is 0 Å². The zero-order chi connectivity index (χ0) is 19.5. The lowest BCUT2D eigenvalue weighted by Crippen LogP contribution is -2.16. The molecule has 0 N–H and O–H groups in total. The van der Waals surface area contributed by atoms with Crippen molar-refractivity contribution in [3.63, 3.8) is 0 Å². The molecule has 8 heteroatoms. The van der Waals surface area contributed by atoms with Crippen molar-refractivity contribution >= 4 is 34.4 Å². The molecule has 29 heavy (non-hydrogen) atoms. The van der Waals surface area contributed by atoms with E-state index in [-0.39, 0.29) is 6.10 Å². The molecule has 1 aliphatic heterocycles. The van der Waals surface area contributed by atoms with Crippen molar-refractivity contribution in [1.29, 1.82) is 0 Å². The Morgan fingerprint density at radius 1 is 1.14 bits per heavy atom. The number of hydrogen-bond acceptors (Lipinski definition) is 7. The quantitative estimate of drug-likeness (QED) is 0.350. The first-order valence-corrected chi connectivity index (χ1v) is 12.3. The van der Waals surface area contributed by atoms with Crippen LogP contribution < -0.4 is 0 Å². The number of benzene rings is 1. The van der Waals surface area contributed by atoms with Crippen molar-refractivity contribution in [2.75, 3.05) is 6.61 Å². The van der Waals surface area contributed by atoms with Gasteiger partial charge in [0.1, 0.15) is 5.01 Å². The Morgan fingerprint density at radius 2 is 2.07 bits per heavy atom. The Labute approximate surface area is 181 Å². The molecule has 1 saturated heterocycles. The highest BCUT2D eigenvalue weighted by Crippen LogP contribution is 2.32. The average molecular weight is 441 g/mol. The molecule has 0 aliphatic carbocycles. The number of thiophene rings is 1. The molecule has 0 amide bonds. The van der Waals surface area contributed by atoms with E-state index in [1.54, 1.807) is 34.4 Å². The maximum absolute atomic E-state index is 5.88. The highest BCUT2D eigenvalue weighted by atomic mass is 32.2. The van der Waals surface area contributed by atoms with Gasteiger partial charge in [-0.1, -0.05) is 48.2 Å². The van der Waals surface area contributed by atoms with E-state index in [0.717, 1.165) is 58.2 Å². The lowest BCUT2D eigenvalue weighted by molar-refractivity contribution is 0.0953. The van der Waals surface area contributed by atoms with E-state index in [1.807, 2.05) is 24.4 Å². The largest absolute Gasteiger partial charge is 0.376 e. The van der Waals surface area contributed by atoms with Gasteiger partial charge in [0, 0.05) is 29.0 Å². The molecule has 5 nitrogen and oxygen atoms in total. The molecule has 0 spiro atoms. The Kier molecular flexibility index (Phi) is 5.76. The summed E-state index contributed by atoms with van der Waals surface area (Å²) in [6.07, 6.45) is 4.45. The summed E-state index contributed by atoms with van der Waals surface area (Å²) in [6, 6.07) is 14.5. The van der Waals surface area contributed by atoms with Gasteiger partial charge in [0.05, 0.1) is 17.5 Å². The van der Waals surface area contributed by atoms with Crippen molar-refractivity contribution < 1.29 is 4.74 Å². The molecule has 0 saturated carbocycles. The second kappa shape index (κ2) is 8.79. The minimum Gasteiger partial charge on any atom is -0.376 e. The highest BCUT2D eigenvalue weighted by molar-refractivity contribution is 7.98. The Hall–Kier alpha value is -2.00. The summed E-state index contributed by atoms with van der Waals surface area (Å²) in [7, 11) is 0. The van der Waals surface area contributed by atoms with E-state index in [1.165, 1.54) is 4.88 Å². The summed E-state index contributed by atoms with van der Waals surface area (Å²) in [5, 5.41) is 13.1. The van der Waals surface area contributed by atoms with E-state index >= 15 is 0 Å². The number of hydrogen-bond donors (Lipinski definition) is 0. The van der Waals surface area contributed by atoms with Gasteiger partial charge < -0.3 is 4.74 Å². The van der Waals surface area contributed by atoms with Crippen molar-refractivity contribution in [3.05, 3.63) is 58.9 Å². The molecule has 4 aromatic rings. The summed E-state index contributed by atoms with van der Waals surface area (Å²) in [6.45, 7) is 1.66. The van der Waals surface area contributed by atoms with E-state index in [0.29, 0.717) is 0 Å². The van der Waals surface area contributed by atoms with Crippen LogP contribution in [0.4, 0.5) is 0 Å². The topological polar surface area (TPSA) is 52.8 Å². The first-order valence-electron chi connectivity index (χ1n) is 9.58. The second-order valence-corrected chi connectivity index (χ2v) is 9.82. The first kappa shape index (κ1) is 19.0. The Bertz CT molecular complexity index is 1050. The second-order valence-electron chi connectivity index (χ2n) is 6.82. The maximum Gasteiger partial charge on any atom is 0.191 e. The molecule has 1 aromatic carbocycles. The van der Waals surface area contributed by atoms with Crippen molar-refractivity contribution in [2.45, 2.75) is 36.4 Å². The molecule has 1 atom stereocenters. The third-order valence-electron chi connectivity index (χ3n) is 4.79. The molecular weight excluding hydrogens is 420 g/mol. The predicted molar refractivity (Wildman–Crippen MR) is 119 cm³/mol. The lowest BCUT2D eigenvalue weighted by atomic mass is 10.2. The third kappa shape index (κ3) is 4.30. The van der Waals surface area contributed by atoms with Crippen LogP contribution in [-0.2, 0) is 17.0 Å². The molecule has 0 bridgehead atoms. The van der Waals surface area contributed by atoms with E-state index in [4.69, 9.17) is 4.74 Å². The van der Waals surface area contributed by atoms with Gasteiger partial charge in [-0.05, 0) is 24.3 Å². The first-order chi connectivity index (χ1) is 14.4. The van der Waals surface area contributed by atoms with Gasteiger partial charge in [0.25, 0.3) is 0 Å². The fourth-order valence-corrected chi connectivity index (χ4v) is 5.97. The van der Waals surface area contributed by atoms with Crippen LogP contribution in [0.3, 0.4) is 0 Å². The number of nitrogens with zero attached hydrogens (tertiary/aromatic N) is 4. The highest BCUT2D eigenvalue weighted by Gasteiger charge is 2.22. The molecular formula is C21H20N4OS3. The van der Waals surface area contributed by atoms with Crippen LogP contribution in [-0.4, -0.2) is 32.5 Å². The average Bonchev–Trinajstić information content (AvgIpc) is 3.54. The summed E-state index contributed by atoms with van der Waals surface area (Å²) < 4.78 is 8.11. The van der Waals surface area contributed by atoms with E-state index in [2.05, 4.69) is 49.4 Å². The van der Waals surface area contributed by atoms with E-state index < -0.39 is 0 Å². The molecule has 0 radical (unpaired) electrons. The zero-order valence-corrected chi connectivity index (χ0v) is 18.2. The molecule has 1 aliphatic rings. The zero-order valence-electron chi connectivity index (χ0n) is 15.7. The van der Waals surface area contributed by atoms with Crippen LogP contribution in [0.5, 0.6) is 0 Å². The fraction of sp³-hybridized carbons (Fsp3) is 0.286. The SMILES string of the molecule is c1ccc(-c2ncc(CSc3nnc(-c4cccs4)n3C[C@@H]3CCCO3)s2)cc1. The molecule has 1 fully saturated rings. The molecule has 4 heterocycles. The third-order valence-corrected chi connectivity index (χ3v) is 7.90. The van der Waals surface area contributed by atoms with Gasteiger partial charge in [-0.3, -0.25) is 4.57 Å². The number of thiazole rings is 1. The number of thioether (sulfide) groups is 1. The number of ether oxygens (including phenoxy) is 1. The van der Waals surface area contributed by atoms with Crippen LogP contribution in [0, 0.1) is 0 Å². The summed E-state index contributed by atoms with van der Waals surface area (Å²) in [5.74, 6) is 1.77. The summed E-state index contributed by atoms with van der Waals surface area (Å²) in [5.41, 5.74) is 1.16. The van der Waals surface area contributed by atoms with Crippen LogP contribution in [0.25, 0.3) is 21.3 Å². The molecule has 148 valence electrons. The molecule has 0 unspecified atom stereocenters. The normalized spacial score (nSPS) is 16.5. The molecule has 3 aromatic heterocycles. The van der Waals surface area contributed by atoms with Gasteiger partial charge in [0.15, 0.2) is 11.0 Å². The Morgan fingerprint density at radius 3 is 2.86 bits per heavy atom. The van der Waals surface area contributed by atoms with Crippen molar-refractivity contribution in [1.82, 2.24) is 19.7 Å². The van der Waals surface area contributed by atoms with Gasteiger partial charge in [-0.25, -0.2) is 4.98 Å². The lowest BCUT2D eigenvalue weighted by Gasteiger charge is -2.14. The minimum atomic E-state index is 0.247. The van der Waals surface area contributed by atoms with Gasteiger partial charge in [0.2, 0.25) is 0 Å². The monoisotopic (exact) mass is 440 g/mol. The summed E-state index contributed by atoms with van der Waals surface area (Å²) >= 11 is 5.15. The minimum absolute atomic E-state index is 0.247. The van der Waals surface area contributed by atoms with Crippen LogP contribution in [0.2, 0.25) is 0 Å². The van der Waals surface area contributed by atoms with Crippen molar-refractivity contribution in [2.24, 2.45) is 0 Å². The van der Waals surface area contributed by atoms with Crippen molar-refractivity contribution in [3.8, 4) is 21.3 Å². The van der Waals surface area contributed by atoms with Crippen LogP contribution in [0.15, 0.2) is 59.2 Å². The maximum atomic E-state index is 5.88. The molecule has 5 rings (SSSR count). The van der Waals surface area contributed by atoms with Crippen LogP contribution in [0.1, 0.15) is 17.7 Å². The van der Waals surface area contributed by atoms with Gasteiger partial charge in [-0.15, -0.1) is 32.9 Å². The predicted octanol–water partition coefficient (Wildman–Crippen LogP) is 5.60. The number of aromatic nitrogens is 4. The van der Waals surface area contributed by atoms with Gasteiger partial charge in [-0.2, -0.15) is 0 Å². The smallest absolute Gasteiger partial charge is 0.191 e. The van der Waals surface area contributed by atoms with Crippen LogP contribution >= 0.6 is 34.4 Å².